The lowest BCUT2D eigenvalue weighted by Gasteiger charge is -2.10. The number of carbonyl (C=O) groups excluding carboxylic acids is 1. The monoisotopic (exact) mass is 455 g/mol. The molecule has 26 heavy (non-hydrogen) atoms. The highest BCUT2D eigenvalue weighted by Crippen LogP contribution is 2.36. The van der Waals surface area contributed by atoms with Gasteiger partial charge < -0.3 is 10.4 Å². The fourth-order valence-corrected chi connectivity index (χ4v) is 3.73. The van der Waals surface area contributed by atoms with Crippen LogP contribution in [-0.2, 0) is 23.1 Å². The van der Waals surface area contributed by atoms with E-state index in [4.69, 9.17) is 0 Å². The summed E-state index contributed by atoms with van der Waals surface area (Å²) in [5, 5.41) is 15.3. The summed E-state index contributed by atoms with van der Waals surface area (Å²) in [5.74, 6) is -1.65. The second-order valence-corrected chi connectivity index (χ2v) is 8.24. The quantitative estimate of drug-likeness (QED) is 0.690. The maximum Gasteiger partial charge on any atom is 0.436 e. The number of hydrogen-bond donors (Lipinski definition) is 2. The minimum atomic E-state index is -4.77. The Morgan fingerprint density at radius 2 is 2.00 bits per heavy atom. The Morgan fingerprint density at radius 1 is 1.38 bits per heavy atom. The molecule has 142 valence electrons. The molecule has 0 aliphatic rings. The lowest BCUT2D eigenvalue weighted by Crippen LogP contribution is -2.17. The first-order chi connectivity index (χ1) is 11.9. The van der Waals surface area contributed by atoms with Crippen molar-refractivity contribution in [2.75, 3.05) is 11.1 Å². The van der Waals surface area contributed by atoms with Gasteiger partial charge in [-0.1, -0.05) is 6.92 Å². The van der Waals surface area contributed by atoms with Gasteiger partial charge >= 0.3 is 6.18 Å². The normalized spacial score (nSPS) is 12.2. The van der Waals surface area contributed by atoms with Crippen LogP contribution in [0.15, 0.2) is 27.6 Å². The highest BCUT2D eigenvalue weighted by molar-refractivity contribution is 9.10. The molecule has 7 nitrogen and oxygen atoms in total. The molecule has 0 bridgehead atoms. The van der Waals surface area contributed by atoms with Crippen molar-refractivity contribution in [3.05, 3.63) is 34.1 Å². The Labute approximate surface area is 154 Å². The SMILES string of the molecule is CCS(=O)(=O)c1ccc(O)c(NC(=O)c2c(Br)c(C(F)(F)F)nn2C)c1. The third kappa shape index (κ3) is 3.85. The molecule has 2 aromatic rings. The molecular formula is C14H13BrF3N3O4S. The molecule has 1 amide bonds. The summed E-state index contributed by atoms with van der Waals surface area (Å²) in [7, 11) is -2.46. The highest BCUT2D eigenvalue weighted by atomic mass is 79.9. The zero-order valence-corrected chi connectivity index (χ0v) is 15.8. The van der Waals surface area contributed by atoms with E-state index in [9.17, 15) is 31.5 Å². The number of benzene rings is 1. The summed E-state index contributed by atoms with van der Waals surface area (Å²) in [6, 6.07) is 3.25. The number of nitrogens with one attached hydrogen (secondary N) is 1. The van der Waals surface area contributed by atoms with Crippen molar-refractivity contribution in [2.24, 2.45) is 7.05 Å². The Morgan fingerprint density at radius 3 is 2.50 bits per heavy atom. The summed E-state index contributed by atoms with van der Waals surface area (Å²) < 4.78 is 62.6. The molecule has 0 unspecified atom stereocenters. The van der Waals surface area contributed by atoms with Crippen molar-refractivity contribution >= 4 is 37.4 Å². The Kier molecular flexibility index (Phi) is 5.38. The van der Waals surface area contributed by atoms with Gasteiger partial charge in [0.15, 0.2) is 15.5 Å². The van der Waals surface area contributed by atoms with Crippen LogP contribution in [-0.4, -0.2) is 35.0 Å². The molecule has 0 spiro atoms. The summed E-state index contributed by atoms with van der Waals surface area (Å²) in [6.45, 7) is 1.42. The number of phenolic OH excluding ortho intramolecular Hbond substituents is 1. The number of rotatable bonds is 4. The number of carbonyl (C=O) groups is 1. The lowest BCUT2D eigenvalue weighted by molar-refractivity contribution is -0.142. The molecule has 0 aliphatic heterocycles. The van der Waals surface area contributed by atoms with Crippen molar-refractivity contribution in [1.29, 1.82) is 0 Å². The molecule has 1 aromatic heterocycles. The number of amides is 1. The van der Waals surface area contributed by atoms with Crippen molar-refractivity contribution in [2.45, 2.75) is 18.0 Å². The average molecular weight is 456 g/mol. The van der Waals surface area contributed by atoms with Gasteiger partial charge in [-0.05, 0) is 34.1 Å². The number of anilines is 1. The van der Waals surface area contributed by atoms with Gasteiger partial charge in [0, 0.05) is 7.05 Å². The molecule has 0 saturated carbocycles. The van der Waals surface area contributed by atoms with E-state index in [2.05, 4.69) is 26.3 Å². The zero-order chi connectivity index (χ0) is 19.9. The average Bonchev–Trinajstić information content (AvgIpc) is 2.84. The van der Waals surface area contributed by atoms with Crippen molar-refractivity contribution in [1.82, 2.24) is 9.78 Å². The van der Waals surface area contributed by atoms with Crippen molar-refractivity contribution < 1.29 is 31.5 Å². The van der Waals surface area contributed by atoms with Crippen LogP contribution >= 0.6 is 15.9 Å². The molecule has 1 heterocycles. The van der Waals surface area contributed by atoms with Crippen LogP contribution in [0.3, 0.4) is 0 Å². The van der Waals surface area contributed by atoms with Crippen LogP contribution in [0.2, 0.25) is 0 Å². The number of aryl methyl sites for hydroxylation is 1. The van der Waals surface area contributed by atoms with Crippen molar-refractivity contribution in [3.63, 3.8) is 0 Å². The second kappa shape index (κ2) is 6.91. The van der Waals surface area contributed by atoms with Crippen molar-refractivity contribution in [3.8, 4) is 5.75 Å². The Bertz CT molecular complexity index is 971. The molecule has 0 aliphatic carbocycles. The minimum absolute atomic E-state index is 0.145. The molecular weight excluding hydrogens is 443 g/mol. The van der Waals surface area contributed by atoms with Gasteiger partial charge in [0.2, 0.25) is 0 Å². The van der Waals surface area contributed by atoms with Crippen LogP contribution < -0.4 is 5.32 Å². The summed E-state index contributed by atoms with van der Waals surface area (Å²) in [5.41, 5.74) is -1.98. The largest absolute Gasteiger partial charge is 0.506 e. The topological polar surface area (TPSA) is 101 Å². The van der Waals surface area contributed by atoms with Gasteiger partial charge in [-0.15, -0.1) is 0 Å². The van der Waals surface area contributed by atoms with Gasteiger partial charge in [0.05, 0.1) is 20.8 Å². The zero-order valence-electron chi connectivity index (χ0n) is 13.4. The first-order valence-corrected chi connectivity index (χ1v) is 9.49. The van der Waals surface area contributed by atoms with Gasteiger partial charge in [-0.2, -0.15) is 18.3 Å². The van der Waals surface area contributed by atoms with E-state index < -0.39 is 43.5 Å². The number of sulfone groups is 1. The molecule has 12 heteroatoms. The Hall–Kier alpha value is -2.08. The smallest absolute Gasteiger partial charge is 0.436 e. The number of nitrogens with zero attached hydrogens (tertiary/aromatic N) is 2. The van der Waals surface area contributed by atoms with Crippen LogP contribution in [0.4, 0.5) is 18.9 Å². The highest BCUT2D eigenvalue weighted by Gasteiger charge is 2.39. The molecule has 0 radical (unpaired) electrons. The number of phenols is 1. The standard InChI is InChI=1S/C14H13BrF3N3O4S/c1-3-26(24,25)7-4-5-9(22)8(6-7)19-13(23)11-10(15)12(14(16,17)18)20-21(11)2/h4-6,22H,3H2,1-2H3,(H,19,23). The molecule has 0 fully saturated rings. The van der Waals surface area contributed by atoms with E-state index >= 15 is 0 Å². The Balaban J connectivity index is 2.43. The van der Waals surface area contributed by atoms with Crippen LogP contribution in [0, 0.1) is 0 Å². The fraction of sp³-hybridized carbons (Fsp3) is 0.286. The maximum atomic E-state index is 12.9. The number of aromatic hydroxyl groups is 1. The van der Waals surface area contributed by atoms with Crippen LogP contribution in [0.25, 0.3) is 0 Å². The summed E-state index contributed by atoms with van der Waals surface area (Å²) in [4.78, 5) is 12.2. The van der Waals surface area contributed by atoms with E-state index in [1.165, 1.54) is 6.92 Å². The van der Waals surface area contributed by atoms with E-state index in [1.807, 2.05) is 0 Å². The number of aromatic nitrogens is 2. The van der Waals surface area contributed by atoms with Crippen LogP contribution in [0.1, 0.15) is 23.1 Å². The summed E-state index contributed by atoms with van der Waals surface area (Å²) >= 11 is 2.71. The minimum Gasteiger partial charge on any atom is -0.506 e. The predicted octanol–water partition coefficient (Wildman–Crippen LogP) is 2.95. The number of halogens is 4. The van der Waals surface area contributed by atoms with E-state index in [0.717, 1.165) is 29.9 Å². The van der Waals surface area contributed by atoms with Gasteiger partial charge in [0.25, 0.3) is 5.91 Å². The second-order valence-electron chi connectivity index (χ2n) is 5.17. The molecule has 2 N–H and O–H groups in total. The predicted molar refractivity (Wildman–Crippen MR) is 89.7 cm³/mol. The van der Waals surface area contributed by atoms with Crippen LogP contribution in [0.5, 0.6) is 5.75 Å². The molecule has 2 rings (SSSR count). The first kappa shape index (κ1) is 20.2. The molecule has 0 saturated heterocycles. The number of hydrogen-bond acceptors (Lipinski definition) is 5. The molecule has 0 atom stereocenters. The number of alkyl halides is 3. The van der Waals surface area contributed by atoms with E-state index in [0.29, 0.717) is 0 Å². The fourth-order valence-electron chi connectivity index (χ4n) is 2.08. The van der Waals surface area contributed by atoms with E-state index in [1.54, 1.807) is 0 Å². The van der Waals surface area contributed by atoms with Gasteiger partial charge in [0.1, 0.15) is 11.4 Å². The third-order valence-corrected chi connectivity index (χ3v) is 5.91. The molecule has 1 aromatic carbocycles. The maximum absolute atomic E-state index is 12.9. The first-order valence-electron chi connectivity index (χ1n) is 7.05. The van der Waals surface area contributed by atoms with E-state index in [-0.39, 0.29) is 16.3 Å². The van der Waals surface area contributed by atoms with Gasteiger partial charge in [-0.25, -0.2) is 8.42 Å². The van der Waals surface area contributed by atoms with Gasteiger partial charge in [-0.3, -0.25) is 9.48 Å². The third-order valence-electron chi connectivity index (χ3n) is 3.43. The lowest BCUT2D eigenvalue weighted by atomic mass is 10.2. The summed E-state index contributed by atoms with van der Waals surface area (Å²) in [6.07, 6.45) is -4.77.